The predicted octanol–water partition coefficient (Wildman–Crippen LogP) is 3.94. The lowest BCUT2D eigenvalue weighted by molar-refractivity contribution is 0.195. The minimum Gasteiger partial charge on any atom is -0.488 e. The third kappa shape index (κ3) is 2.26. The zero-order valence-corrected chi connectivity index (χ0v) is 12.0. The summed E-state index contributed by atoms with van der Waals surface area (Å²) in [6, 6.07) is 6.56. The highest BCUT2D eigenvalue weighted by Gasteiger charge is 2.32. The number of rotatable bonds is 4. The molecule has 0 saturated carbocycles. The van der Waals surface area contributed by atoms with Crippen molar-refractivity contribution in [1.82, 2.24) is 0 Å². The van der Waals surface area contributed by atoms with Crippen LogP contribution in [0, 0.1) is 0 Å². The van der Waals surface area contributed by atoms with Crippen LogP contribution in [0.4, 0.5) is 0 Å². The van der Waals surface area contributed by atoms with Crippen LogP contribution in [0.2, 0.25) is 0 Å². The second-order valence-electron chi connectivity index (χ2n) is 5.96. The van der Waals surface area contributed by atoms with Crippen LogP contribution in [0.1, 0.15) is 64.1 Å². The molecule has 2 unspecified atom stereocenters. The highest BCUT2D eigenvalue weighted by atomic mass is 16.5. The van der Waals surface area contributed by atoms with Crippen molar-refractivity contribution < 1.29 is 4.74 Å². The molecule has 2 N–H and O–H groups in total. The first-order valence-electron chi connectivity index (χ1n) is 7.06. The minimum absolute atomic E-state index is 0.0348. The topological polar surface area (TPSA) is 35.2 Å². The molecule has 0 spiro atoms. The Morgan fingerprint density at radius 3 is 2.61 bits per heavy atom. The fraction of sp³-hybridized carbons (Fsp3) is 0.625. The monoisotopic (exact) mass is 247 g/mol. The van der Waals surface area contributed by atoms with E-state index in [2.05, 4.69) is 45.9 Å². The zero-order chi connectivity index (χ0) is 13.3. The van der Waals surface area contributed by atoms with Gasteiger partial charge >= 0.3 is 0 Å². The number of hydrogen-bond acceptors (Lipinski definition) is 2. The van der Waals surface area contributed by atoms with Gasteiger partial charge < -0.3 is 10.5 Å². The Bertz CT molecular complexity index is 425. The molecule has 1 aliphatic heterocycles. The summed E-state index contributed by atoms with van der Waals surface area (Å²) in [5.74, 6) is 0.983. The molecule has 100 valence electrons. The van der Waals surface area contributed by atoms with E-state index in [9.17, 15) is 0 Å². The molecule has 0 fully saturated rings. The summed E-state index contributed by atoms with van der Waals surface area (Å²) in [6.07, 6.45) is 3.42. The average Bonchev–Trinajstić information content (AvgIpc) is 2.67. The first-order chi connectivity index (χ1) is 8.49. The van der Waals surface area contributed by atoms with Crippen molar-refractivity contribution in [2.45, 2.75) is 64.5 Å². The van der Waals surface area contributed by atoms with Gasteiger partial charge in [0.25, 0.3) is 0 Å². The zero-order valence-electron chi connectivity index (χ0n) is 12.0. The van der Waals surface area contributed by atoms with Gasteiger partial charge in [-0.05, 0) is 36.0 Å². The molecule has 2 atom stereocenters. The summed E-state index contributed by atoms with van der Waals surface area (Å²) in [7, 11) is 0. The molecule has 0 radical (unpaired) electrons. The van der Waals surface area contributed by atoms with Gasteiger partial charge in [-0.3, -0.25) is 0 Å². The summed E-state index contributed by atoms with van der Waals surface area (Å²) in [5, 5.41) is 0. The Labute approximate surface area is 111 Å². The lowest BCUT2D eigenvalue weighted by Crippen LogP contribution is -2.25. The first-order valence-corrected chi connectivity index (χ1v) is 7.06. The van der Waals surface area contributed by atoms with Gasteiger partial charge in [0, 0.05) is 5.56 Å². The maximum absolute atomic E-state index is 6.31. The van der Waals surface area contributed by atoms with Crippen LogP contribution < -0.4 is 10.5 Å². The van der Waals surface area contributed by atoms with E-state index < -0.39 is 0 Å². The van der Waals surface area contributed by atoms with Crippen LogP contribution in [0.15, 0.2) is 18.2 Å². The van der Waals surface area contributed by atoms with Gasteiger partial charge in [-0.25, -0.2) is 0 Å². The van der Waals surface area contributed by atoms with E-state index in [1.54, 1.807) is 0 Å². The third-order valence-corrected chi connectivity index (χ3v) is 4.29. The molecule has 1 aliphatic rings. The molecule has 2 nitrogen and oxygen atoms in total. The van der Waals surface area contributed by atoms with Gasteiger partial charge in [0.1, 0.15) is 11.9 Å². The van der Waals surface area contributed by atoms with E-state index in [0.29, 0.717) is 0 Å². The normalized spacial score (nSPS) is 22.7. The number of ether oxygens (including phenoxy) is 1. The molecule has 0 aromatic heterocycles. The highest BCUT2D eigenvalue weighted by Crippen LogP contribution is 2.40. The van der Waals surface area contributed by atoms with Crippen LogP contribution in [0.3, 0.4) is 0 Å². The van der Waals surface area contributed by atoms with Crippen molar-refractivity contribution in [1.29, 1.82) is 0 Å². The Kier molecular flexibility index (Phi) is 3.67. The first kappa shape index (κ1) is 13.4. The van der Waals surface area contributed by atoms with Crippen molar-refractivity contribution in [3.63, 3.8) is 0 Å². The summed E-state index contributed by atoms with van der Waals surface area (Å²) < 4.78 is 5.94. The Hall–Kier alpha value is -1.02. The van der Waals surface area contributed by atoms with Gasteiger partial charge in [-0.15, -0.1) is 0 Å². The molecular formula is C16H25NO. The van der Waals surface area contributed by atoms with Crippen LogP contribution in [0.5, 0.6) is 5.75 Å². The van der Waals surface area contributed by atoms with Crippen molar-refractivity contribution >= 4 is 0 Å². The standard InChI is InChI=1S/C16H25NO/c1-5-7-14-15(17)12-10-11(16(3,4)6-2)8-9-13(12)18-14/h8-10,14-15H,5-7,17H2,1-4H3. The fourth-order valence-electron chi connectivity index (χ4n) is 2.50. The number of nitrogens with two attached hydrogens (primary N) is 1. The number of benzene rings is 1. The van der Waals surface area contributed by atoms with Crippen molar-refractivity contribution in [2.24, 2.45) is 5.73 Å². The third-order valence-electron chi connectivity index (χ3n) is 4.29. The minimum atomic E-state index is 0.0348. The van der Waals surface area contributed by atoms with Gasteiger partial charge in [0.15, 0.2) is 0 Å². The van der Waals surface area contributed by atoms with Gasteiger partial charge in [0.05, 0.1) is 6.04 Å². The maximum atomic E-state index is 6.31. The van der Waals surface area contributed by atoms with E-state index in [0.717, 1.165) is 25.0 Å². The largest absolute Gasteiger partial charge is 0.488 e. The molecule has 0 amide bonds. The van der Waals surface area contributed by atoms with E-state index in [1.807, 2.05) is 0 Å². The summed E-state index contributed by atoms with van der Waals surface area (Å²) in [4.78, 5) is 0. The summed E-state index contributed by atoms with van der Waals surface area (Å²) in [5.41, 5.74) is 9.06. The van der Waals surface area contributed by atoms with Gasteiger partial charge in [-0.1, -0.05) is 40.2 Å². The second-order valence-corrected chi connectivity index (χ2v) is 5.96. The summed E-state index contributed by atoms with van der Waals surface area (Å²) >= 11 is 0. The van der Waals surface area contributed by atoms with Crippen molar-refractivity contribution in [2.75, 3.05) is 0 Å². The van der Waals surface area contributed by atoms with E-state index in [1.165, 1.54) is 11.1 Å². The molecule has 1 aromatic rings. The molecule has 1 heterocycles. The molecule has 1 aromatic carbocycles. The van der Waals surface area contributed by atoms with E-state index in [4.69, 9.17) is 10.5 Å². The molecule has 0 bridgehead atoms. The number of fused-ring (bicyclic) bond motifs is 1. The van der Waals surface area contributed by atoms with Crippen LogP contribution in [-0.2, 0) is 5.41 Å². The molecule has 0 aliphatic carbocycles. The predicted molar refractivity (Wildman–Crippen MR) is 76.0 cm³/mol. The SMILES string of the molecule is CCCC1Oc2ccc(C(C)(C)CC)cc2C1N. The van der Waals surface area contributed by atoms with Crippen LogP contribution in [0.25, 0.3) is 0 Å². The van der Waals surface area contributed by atoms with E-state index >= 15 is 0 Å². The van der Waals surface area contributed by atoms with Gasteiger partial charge in [0.2, 0.25) is 0 Å². The molecule has 0 saturated heterocycles. The quantitative estimate of drug-likeness (QED) is 0.874. The Morgan fingerprint density at radius 1 is 1.28 bits per heavy atom. The van der Waals surface area contributed by atoms with Crippen LogP contribution in [-0.4, -0.2) is 6.10 Å². The summed E-state index contributed by atoms with van der Waals surface area (Å²) in [6.45, 7) is 8.95. The Balaban J connectivity index is 2.30. The van der Waals surface area contributed by atoms with E-state index in [-0.39, 0.29) is 17.6 Å². The van der Waals surface area contributed by atoms with Crippen LogP contribution >= 0.6 is 0 Å². The lowest BCUT2D eigenvalue weighted by atomic mass is 9.81. The average molecular weight is 247 g/mol. The van der Waals surface area contributed by atoms with Gasteiger partial charge in [-0.2, -0.15) is 0 Å². The molecule has 2 rings (SSSR count). The molecule has 2 heteroatoms. The maximum Gasteiger partial charge on any atom is 0.124 e. The Morgan fingerprint density at radius 2 is 2.00 bits per heavy atom. The highest BCUT2D eigenvalue weighted by molar-refractivity contribution is 5.45. The molecular weight excluding hydrogens is 222 g/mol. The lowest BCUT2D eigenvalue weighted by Gasteiger charge is -2.24. The smallest absolute Gasteiger partial charge is 0.124 e. The van der Waals surface area contributed by atoms with Crippen molar-refractivity contribution in [3.05, 3.63) is 29.3 Å². The number of hydrogen-bond donors (Lipinski definition) is 1. The second kappa shape index (κ2) is 4.93. The van der Waals surface area contributed by atoms with Crippen molar-refractivity contribution in [3.8, 4) is 5.75 Å². The molecule has 18 heavy (non-hydrogen) atoms. The fourth-order valence-corrected chi connectivity index (χ4v) is 2.50.